The first-order valence-electron chi connectivity index (χ1n) is 6.02. The summed E-state index contributed by atoms with van der Waals surface area (Å²) in [4.78, 5) is 4.37. The molecule has 0 amide bonds. The molecule has 0 fully saturated rings. The van der Waals surface area contributed by atoms with E-state index in [0.717, 1.165) is 22.4 Å². The van der Waals surface area contributed by atoms with Crippen molar-refractivity contribution in [1.82, 2.24) is 19.7 Å². The number of aryl methyl sites for hydroxylation is 1. The SMILES string of the molecule is C=CCn1c(CN)nnc1SCc1ncccc1C.Cl.Cl. The molecule has 0 aromatic carbocycles. The third-order valence-electron chi connectivity index (χ3n) is 2.74. The van der Waals surface area contributed by atoms with Crippen LogP contribution in [0.5, 0.6) is 0 Å². The maximum Gasteiger partial charge on any atom is 0.191 e. The lowest BCUT2D eigenvalue weighted by molar-refractivity contribution is 0.680. The van der Waals surface area contributed by atoms with Crippen LogP contribution in [-0.2, 0) is 18.8 Å². The Morgan fingerprint density at radius 2 is 2.14 bits per heavy atom. The molecule has 0 spiro atoms. The normalized spacial score (nSPS) is 9.62. The van der Waals surface area contributed by atoms with E-state index in [-0.39, 0.29) is 24.8 Å². The summed E-state index contributed by atoms with van der Waals surface area (Å²) in [6, 6.07) is 4.00. The van der Waals surface area contributed by atoms with Crippen molar-refractivity contribution in [2.45, 2.75) is 30.9 Å². The molecule has 2 N–H and O–H groups in total. The number of hydrogen-bond donors (Lipinski definition) is 1. The molecule has 0 radical (unpaired) electrons. The largest absolute Gasteiger partial charge is 0.324 e. The highest BCUT2D eigenvalue weighted by Crippen LogP contribution is 2.22. The van der Waals surface area contributed by atoms with Crippen LogP contribution < -0.4 is 5.73 Å². The first kappa shape index (κ1) is 19.9. The predicted molar refractivity (Wildman–Crippen MR) is 91.1 cm³/mol. The average Bonchev–Trinajstić information content (AvgIpc) is 2.81. The molecule has 0 bridgehead atoms. The maximum atomic E-state index is 5.65. The summed E-state index contributed by atoms with van der Waals surface area (Å²) in [6.45, 7) is 6.85. The van der Waals surface area contributed by atoms with Gasteiger partial charge in [-0.1, -0.05) is 23.9 Å². The number of nitrogens with zero attached hydrogens (tertiary/aromatic N) is 4. The van der Waals surface area contributed by atoms with Gasteiger partial charge in [0.25, 0.3) is 0 Å². The van der Waals surface area contributed by atoms with Gasteiger partial charge in [0.1, 0.15) is 5.82 Å². The highest BCUT2D eigenvalue weighted by Gasteiger charge is 2.11. The fourth-order valence-corrected chi connectivity index (χ4v) is 2.69. The number of thioether (sulfide) groups is 1. The van der Waals surface area contributed by atoms with Crippen LogP contribution in [0.3, 0.4) is 0 Å². The fraction of sp³-hybridized carbons (Fsp3) is 0.308. The van der Waals surface area contributed by atoms with Crippen molar-refractivity contribution in [3.63, 3.8) is 0 Å². The Hall–Kier alpha value is -1.08. The number of halogens is 2. The van der Waals surface area contributed by atoms with E-state index in [1.54, 1.807) is 11.8 Å². The van der Waals surface area contributed by atoms with Crippen LogP contribution in [0.15, 0.2) is 36.1 Å². The van der Waals surface area contributed by atoms with E-state index in [1.165, 1.54) is 5.56 Å². The van der Waals surface area contributed by atoms with Crippen LogP contribution >= 0.6 is 36.6 Å². The molecule has 0 atom stereocenters. The van der Waals surface area contributed by atoms with E-state index in [4.69, 9.17) is 5.73 Å². The molecule has 5 nitrogen and oxygen atoms in total. The molecule has 0 aliphatic carbocycles. The number of allylic oxidation sites excluding steroid dienone is 1. The summed E-state index contributed by atoms with van der Waals surface area (Å²) in [5.74, 6) is 1.55. The van der Waals surface area contributed by atoms with Crippen LogP contribution in [0.25, 0.3) is 0 Å². The summed E-state index contributed by atoms with van der Waals surface area (Å²) in [7, 11) is 0. The van der Waals surface area contributed by atoms with Crippen LogP contribution in [0.4, 0.5) is 0 Å². The Labute approximate surface area is 141 Å². The zero-order valence-corrected chi connectivity index (χ0v) is 14.2. The minimum atomic E-state index is 0. The molecule has 116 valence electrons. The van der Waals surface area contributed by atoms with Gasteiger partial charge in [-0.3, -0.25) is 4.98 Å². The van der Waals surface area contributed by atoms with Crippen LogP contribution in [0, 0.1) is 6.92 Å². The Balaban J connectivity index is 0.00000200. The second-order valence-corrected chi connectivity index (χ2v) is 5.00. The minimum Gasteiger partial charge on any atom is -0.324 e. The lowest BCUT2D eigenvalue weighted by Crippen LogP contribution is -2.08. The summed E-state index contributed by atoms with van der Waals surface area (Å²) >= 11 is 1.61. The van der Waals surface area contributed by atoms with Gasteiger partial charge >= 0.3 is 0 Å². The van der Waals surface area contributed by atoms with Gasteiger partial charge in [0, 0.05) is 18.5 Å². The van der Waals surface area contributed by atoms with Crippen molar-refractivity contribution in [2.24, 2.45) is 5.73 Å². The van der Waals surface area contributed by atoms with Gasteiger partial charge < -0.3 is 10.3 Å². The molecule has 2 aromatic rings. The van der Waals surface area contributed by atoms with E-state index in [9.17, 15) is 0 Å². The zero-order valence-electron chi connectivity index (χ0n) is 11.7. The molecule has 2 heterocycles. The zero-order chi connectivity index (χ0) is 13.7. The van der Waals surface area contributed by atoms with Gasteiger partial charge in [0.15, 0.2) is 5.16 Å². The molecule has 0 unspecified atom stereocenters. The van der Waals surface area contributed by atoms with Crippen LogP contribution in [0.1, 0.15) is 17.1 Å². The van der Waals surface area contributed by atoms with Gasteiger partial charge in [-0.05, 0) is 18.6 Å². The number of hydrogen-bond acceptors (Lipinski definition) is 5. The third-order valence-corrected chi connectivity index (χ3v) is 3.72. The van der Waals surface area contributed by atoms with Gasteiger partial charge in [-0.15, -0.1) is 41.6 Å². The number of nitrogens with two attached hydrogens (primary N) is 1. The summed E-state index contributed by atoms with van der Waals surface area (Å²) in [5, 5.41) is 9.11. The first-order chi connectivity index (χ1) is 9.26. The first-order valence-corrected chi connectivity index (χ1v) is 7.01. The van der Waals surface area contributed by atoms with Gasteiger partial charge in [0.2, 0.25) is 0 Å². The lowest BCUT2D eigenvalue weighted by atomic mass is 10.2. The minimum absolute atomic E-state index is 0. The average molecular weight is 348 g/mol. The number of rotatable bonds is 6. The smallest absolute Gasteiger partial charge is 0.191 e. The van der Waals surface area contributed by atoms with Crippen LogP contribution in [0.2, 0.25) is 0 Å². The van der Waals surface area contributed by atoms with Crippen molar-refractivity contribution in [1.29, 1.82) is 0 Å². The molecular weight excluding hydrogens is 329 g/mol. The lowest BCUT2D eigenvalue weighted by Gasteiger charge is -2.07. The topological polar surface area (TPSA) is 69.6 Å². The van der Waals surface area contributed by atoms with Crippen molar-refractivity contribution in [3.8, 4) is 0 Å². The molecule has 0 aliphatic rings. The number of pyridine rings is 1. The summed E-state index contributed by atoms with van der Waals surface area (Å²) in [5.41, 5.74) is 7.90. The maximum absolute atomic E-state index is 5.65. The fourth-order valence-electron chi connectivity index (χ4n) is 1.69. The molecule has 2 aromatic heterocycles. The van der Waals surface area contributed by atoms with Gasteiger partial charge in [-0.2, -0.15) is 0 Å². The molecule has 21 heavy (non-hydrogen) atoms. The molecule has 0 aliphatic heterocycles. The Kier molecular flexibility index (Phi) is 9.28. The third kappa shape index (κ3) is 5.00. The number of aromatic nitrogens is 4. The van der Waals surface area contributed by atoms with E-state index < -0.39 is 0 Å². The monoisotopic (exact) mass is 347 g/mol. The highest BCUT2D eigenvalue weighted by molar-refractivity contribution is 7.98. The predicted octanol–water partition coefficient (Wildman–Crippen LogP) is 2.76. The van der Waals surface area contributed by atoms with Gasteiger partial charge in [0.05, 0.1) is 12.2 Å². The van der Waals surface area contributed by atoms with Crippen molar-refractivity contribution >= 4 is 36.6 Å². The van der Waals surface area contributed by atoms with E-state index >= 15 is 0 Å². The van der Waals surface area contributed by atoms with Crippen LogP contribution in [-0.4, -0.2) is 19.7 Å². The molecular formula is C13H19Cl2N5S. The summed E-state index contributed by atoms with van der Waals surface area (Å²) < 4.78 is 1.98. The quantitative estimate of drug-likeness (QED) is 0.642. The van der Waals surface area contributed by atoms with Crippen molar-refractivity contribution < 1.29 is 0 Å². The highest BCUT2D eigenvalue weighted by atomic mass is 35.5. The van der Waals surface area contributed by atoms with Crippen molar-refractivity contribution in [3.05, 3.63) is 48.1 Å². The Bertz CT molecular complexity index is 573. The van der Waals surface area contributed by atoms with Crippen molar-refractivity contribution in [2.75, 3.05) is 0 Å². The summed E-state index contributed by atoms with van der Waals surface area (Å²) in [6.07, 6.45) is 3.63. The molecule has 0 saturated carbocycles. The standard InChI is InChI=1S/C13H17N5S.2ClH/c1-3-7-18-12(8-14)16-17-13(18)19-9-11-10(2)5-4-6-15-11;;/h3-6H,1,7-9,14H2,2H3;2*1H. The Morgan fingerprint density at radius 3 is 2.76 bits per heavy atom. The second kappa shape index (κ2) is 9.78. The van der Waals surface area contributed by atoms with Gasteiger partial charge in [-0.25, -0.2) is 0 Å². The second-order valence-electron chi connectivity index (χ2n) is 4.06. The molecule has 8 heteroatoms. The molecule has 2 rings (SSSR count). The van der Waals surface area contributed by atoms with E-state index in [1.807, 2.05) is 22.9 Å². The van der Waals surface area contributed by atoms with E-state index in [2.05, 4.69) is 34.8 Å². The van der Waals surface area contributed by atoms with E-state index in [0.29, 0.717) is 13.1 Å². The molecule has 0 saturated heterocycles. The Morgan fingerprint density at radius 1 is 1.38 bits per heavy atom.